The minimum Gasteiger partial charge on any atom is -0.376 e. The van der Waals surface area contributed by atoms with Crippen molar-refractivity contribution < 1.29 is 4.79 Å². The maximum absolute atomic E-state index is 11.5. The highest BCUT2D eigenvalue weighted by Gasteiger charge is 2.09. The molecule has 0 spiro atoms. The highest BCUT2D eigenvalue weighted by Crippen LogP contribution is 2.18. The van der Waals surface area contributed by atoms with Crippen molar-refractivity contribution in [3.8, 4) is 0 Å². The van der Waals surface area contributed by atoms with Crippen LogP contribution in [-0.4, -0.2) is 18.1 Å². The van der Waals surface area contributed by atoms with Gasteiger partial charge in [0.25, 0.3) is 5.91 Å². The molecule has 0 saturated heterocycles. The first-order chi connectivity index (χ1) is 7.06. The number of hydrogen-bond donors (Lipinski definition) is 3. The van der Waals surface area contributed by atoms with Crippen LogP contribution in [0.4, 0.5) is 5.69 Å². The molecule has 0 radical (unpaired) electrons. The van der Waals surface area contributed by atoms with Crippen molar-refractivity contribution in [1.29, 1.82) is 0 Å². The molecule has 0 aliphatic carbocycles. The van der Waals surface area contributed by atoms with E-state index in [9.17, 15) is 4.79 Å². The third kappa shape index (κ3) is 2.66. The molecule has 1 rings (SSSR count). The standard InChI is InChI=1S/C10H13N3OS/c1-6-7(9(14)12-2)4-3-5-8(6)13-10(11)15/h3-5H,1-2H3,(H,12,14)(H3,11,13,15). The quantitative estimate of drug-likeness (QED) is 0.655. The van der Waals surface area contributed by atoms with Crippen LogP contribution in [0.15, 0.2) is 18.2 Å². The summed E-state index contributed by atoms with van der Waals surface area (Å²) in [5.74, 6) is -0.126. The summed E-state index contributed by atoms with van der Waals surface area (Å²) in [5.41, 5.74) is 7.56. The third-order valence-corrected chi connectivity index (χ3v) is 2.17. The summed E-state index contributed by atoms with van der Waals surface area (Å²) in [6.07, 6.45) is 0. The van der Waals surface area contributed by atoms with Gasteiger partial charge in [0.2, 0.25) is 0 Å². The summed E-state index contributed by atoms with van der Waals surface area (Å²) in [4.78, 5) is 11.5. The molecule has 0 fully saturated rings. The second-order valence-electron chi connectivity index (χ2n) is 3.05. The van der Waals surface area contributed by atoms with E-state index in [-0.39, 0.29) is 11.0 Å². The van der Waals surface area contributed by atoms with Crippen LogP contribution in [-0.2, 0) is 0 Å². The van der Waals surface area contributed by atoms with Crippen LogP contribution in [0.1, 0.15) is 15.9 Å². The van der Waals surface area contributed by atoms with E-state index in [4.69, 9.17) is 18.0 Å². The van der Waals surface area contributed by atoms with Gasteiger partial charge < -0.3 is 16.4 Å². The van der Waals surface area contributed by atoms with E-state index in [1.807, 2.05) is 13.0 Å². The Balaban J connectivity index is 3.11. The number of hydrogen-bond acceptors (Lipinski definition) is 2. The van der Waals surface area contributed by atoms with Gasteiger partial charge in [-0.15, -0.1) is 0 Å². The van der Waals surface area contributed by atoms with E-state index in [1.165, 1.54) is 0 Å². The predicted octanol–water partition coefficient (Wildman–Crippen LogP) is 1.01. The largest absolute Gasteiger partial charge is 0.376 e. The number of rotatable bonds is 2. The van der Waals surface area contributed by atoms with Gasteiger partial charge in [0.15, 0.2) is 5.11 Å². The van der Waals surface area contributed by atoms with Gasteiger partial charge in [-0.25, -0.2) is 0 Å². The number of carbonyl (C=O) groups is 1. The first-order valence-corrected chi connectivity index (χ1v) is 4.85. The van der Waals surface area contributed by atoms with Crippen molar-refractivity contribution in [1.82, 2.24) is 5.32 Å². The molecule has 0 unspecified atom stereocenters. The summed E-state index contributed by atoms with van der Waals surface area (Å²) in [7, 11) is 1.59. The van der Waals surface area contributed by atoms with E-state index in [2.05, 4.69) is 10.6 Å². The molecule has 0 atom stereocenters. The second-order valence-corrected chi connectivity index (χ2v) is 3.49. The van der Waals surface area contributed by atoms with Gasteiger partial charge in [0.1, 0.15) is 0 Å². The summed E-state index contributed by atoms with van der Waals surface area (Å²) >= 11 is 4.74. The molecule has 5 heteroatoms. The normalized spacial score (nSPS) is 9.47. The Morgan fingerprint density at radius 1 is 1.47 bits per heavy atom. The summed E-state index contributed by atoms with van der Waals surface area (Å²) in [6.45, 7) is 1.84. The van der Waals surface area contributed by atoms with Crippen LogP contribution in [0.5, 0.6) is 0 Å². The van der Waals surface area contributed by atoms with Gasteiger partial charge in [-0.3, -0.25) is 4.79 Å². The van der Waals surface area contributed by atoms with Crippen LogP contribution in [0.2, 0.25) is 0 Å². The second kappa shape index (κ2) is 4.75. The summed E-state index contributed by atoms with van der Waals surface area (Å²) in [5, 5.41) is 5.58. The Hall–Kier alpha value is -1.62. The minimum absolute atomic E-state index is 0.126. The van der Waals surface area contributed by atoms with E-state index >= 15 is 0 Å². The fourth-order valence-electron chi connectivity index (χ4n) is 1.28. The van der Waals surface area contributed by atoms with Crippen LogP contribution >= 0.6 is 12.2 Å². The average molecular weight is 223 g/mol. The number of benzene rings is 1. The monoisotopic (exact) mass is 223 g/mol. The number of nitrogens with one attached hydrogen (secondary N) is 2. The lowest BCUT2D eigenvalue weighted by Gasteiger charge is -2.11. The highest BCUT2D eigenvalue weighted by molar-refractivity contribution is 7.80. The number of nitrogens with two attached hydrogens (primary N) is 1. The van der Waals surface area contributed by atoms with E-state index in [0.29, 0.717) is 5.56 Å². The van der Waals surface area contributed by atoms with E-state index in [0.717, 1.165) is 11.3 Å². The van der Waals surface area contributed by atoms with Gasteiger partial charge >= 0.3 is 0 Å². The van der Waals surface area contributed by atoms with Crippen LogP contribution in [0.25, 0.3) is 0 Å². The van der Waals surface area contributed by atoms with Crippen molar-refractivity contribution in [2.75, 3.05) is 12.4 Å². The molecule has 0 aliphatic rings. The van der Waals surface area contributed by atoms with Gasteiger partial charge in [0, 0.05) is 18.3 Å². The number of anilines is 1. The number of thiocarbonyl (C=S) groups is 1. The van der Waals surface area contributed by atoms with Gasteiger partial charge in [-0.2, -0.15) is 0 Å². The van der Waals surface area contributed by atoms with Crippen LogP contribution < -0.4 is 16.4 Å². The third-order valence-electron chi connectivity index (χ3n) is 2.06. The number of amides is 1. The predicted molar refractivity (Wildman–Crippen MR) is 65.0 cm³/mol. The maximum Gasteiger partial charge on any atom is 0.251 e. The molecular weight excluding hydrogens is 210 g/mol. The molecule has 0 saturated carbocycles. The Bertz CT molecular complexity index is 404. The molecular formula is C10H13N3OS. The lowest BCUT2D eigenvalue weighted by molar-refractivity contribution is 0.0962. The number of carbonyl (C=O) groups excluding carboxylic acids is 1. The van der Waals surface area contributed by atoms with Crippen LogP contribution in [0.3, 0.4) is 0 Å². The zero-order valence-corrected chi connectivity index (χ0v) is 9.44. The molecule has 4 N–H and O–H groups in total. The Kier molecular flexibility index (Phi) is 3.62. The van der Waals surface area contributed by atoms with Crippen molar-refractivity contribution in [3.05, 3.63) is 29.3 Å². The maximum atomic E-state index is 11.5. The molecule has 0 aromatic heterocycles. The molecule has 15 heavy (non-hydrogen) atoms. The average Bonchev–Trinajstić information content (AvgIpc) is 2.19. The fourth-order valence-corrected chi connectivity index (χ4v) is 1.39. The topological polar surface area (TPSA) is 67.2 Å². The minimum atomic E-state index is -0.126. The van der Waals surface area contributed by atoms with Crippen LogP contribution in [0, 0.1) is 6.92 Å². The summed E-state index contributed by atoms with van der Waals surface area (Å²) < 4.78 is 0. The Morgan fingerprint density at radius 2 is 2.13 bits per heavy atom. The Morgan fingerprint density at radius 3 is 2.67 bits per heavy atom. The van der Waals surface area contributed by atoms with Gasteiger partial charge in [0.05, 0.1) is 0 Å². The molecule has 0 aliphatic heterocycles. The van der Waals surface area contributed by atoms with Crippen molar-refractivity contribution in [2.45, 2.75) is 6.92 Å². The fraction of sp³-hybridized carbons (Fsp3) is 0.200. The van der Waals surface area contributed by atoms with E-state index in [1.54, 1.807) is 19.2 Å². The molecule has 1 aromatic rings. The summed E-state index contributed by atoms with van der Waals surface area (Å²) in [6, 6.07) is 5.35. The lowest BCUT2D eigenvalue weighted by Crippen LogP contribution is -2.22. The molecule has 80 valence electrons. The van der Waals surface area contributed by atoms with Gasteiger partial charge in [-0.05, 0) is 36.8 Å². The smallest absolute Gasteiger partial charge is 0.251 e. The molecule has 0 heterocycles. The zero-order chi connectivity index (χ0) is 11.4. The first-order valence-electron chi connectivity index (χ1n) is 4.44. The van der Waals surface area contributed by atoms with Crippen molar-refractivity contribution >= 4 is 28.9 Å². The molecule has 1 amide bonds. The van der Waals surface area contributed by atoms with Crippen molar-refractivity contribution in [2.24, 2.45) is 5.73 Å². The highest BCUT2D eigenvalue weighted by atomic mass is 32.1. The molecule has 1 aromatic carbocycles. The Labute approximate surface area is 93.9 Å². The first kappa shape index (κ1) is 11.5. The van der Waals surface area contributed by atoms with Gasteiger partial charge in [-0.1, -0.05) is 6.07 Å². The molecule has 0 bridgehead atoms. The lowest BCUT2D eigenvalue weighted by atomic mass is 10.1. The molecule has 4 nitrogen and oxygen atoms in total. The van der Waals surface area contributed by atoms with E-state index < -0.39 is 0 Å². The zero-order valence-electron chi connectivity index (χ0n) is 8.63. The SMILES string of the molecule is CNC(=O)c1cccc(NC(N)=S)c1C. The van der Waals surface area contributed by atoms with Crippen molar-refractivity contribution in [3.63, 3.8) is 0 Å².